The summed E-state index contributed by atoms with van der Waals surface area (Å²) in [6.07, 6.45) is 106. The van der Waals surface area contributed by atoms with Crippen LogP contribution in [0.1, 0.15) is 232 Å². The van der Waals surface area contributed by atoms with Gasteiger partial charge >= 0.3 is 11.9 Å². The molecule has 0 radical (unpaired) electrons. The number of aliphatic hydroxyl groups excluding tert-OH is 1. The lowest BCUT2D eigenvalue weighted by atomic mass is 10.0. The van der Waals surface area contributed by atoms with Crippen LogP contribution in [0, 0.1) is 0 Å². The van der Waals surface area contributed by atoms with Crippen LogP contribution in [0.2, 0.25) is 0 Å². The maximum atomic E-state index is 12.3. The maximum absolute atomic E-state index is 12.3. The number of allylic oxidation sites excluding steroid dienone is 32. The first-order valence-electron chi connectivity index (χ1n) is 31.0. The molecule has 5 nitrogen and oxygen atoms in total. The van der Waals surface area contributed by atoms with Crippen molar-refractivity contribution in [1.29, 1.82) is 0 Å². The molecule has 78 heavy (non-hydrogen) atoms. The molecule has 0 spiro atoms. The zero-order chi connectivity index (χ0) is 56.2. The molecule has 0 aliphatic rings. The zero-order valence-electron chi connectivity index (χ0n) is 49.6. The SMILES string of the molecule is CC/C=C\C/C=C\C/C=C\C/C=C\C/C=C\C/C=C\C/C=C\C/C=C\C/C=C\CCCCCCCCCCCCCCCC(=O)OC(CO)COC(=O)CCC/C=C\C/C=C\C/C=C\C/C=C\C/C=C\C/C=C\C/C=C\CC. The Bertz CT molecular complexity index is 1830. The van der Waals surface area contributed by atoms with E-state index in [1.54, 1.807) is 0 Å². The van der Waals surface area contributed by atoms with Gasteiger partial charge in [0.2, 0.25) is 0 Å². The van der Waals surface area contributed by atoms with Gasteiger partial charge in [-0.2, -0.15) is 0 Å². The van der Waals surface area contributed by atoms with Crippen molar-refractivity contribution in [2.24, 2.45) is 0 Å². The summed E-state index contributed by atoms with van der Waals surface area (Å²) in [5, 5.41) is 9.66. The monoisotopic (exact) mass is 1070 g/mol. The van der Waals surface area contributed by atoms with Gasteiger partial charge in [0, 0.05) is 12.8 Å². The molecule has 0 amide bonds. The van der Waals surface area contributed by atoms with Crippen LogP contribution in [0.25, 0.3) is 0 Å². The molecule has 0 aromatic carbocycles. The lowest BCUT2D eigenvalue weighted by Crippen LogP contribution is -2.28. The first-order valence-corrected chi connectivity index (χ1v) is 31.0. The van der Waals surface area contributed by atoms with Gasteiger partial charge in [-0.1, -0.05) is 279 Å². The van der Waals surface area contributed by atoms with Gasteiger partial charge in [0.15, 0.2) is 6.10 Å². The number of ether oxygens (including phenoxy) is 2. The first-order chi connectivity index (χ1) is 38.6. The minimum Gasteiger partial charge on any atom is -0.462 e. The van der Waals surface area contributed by atoms with Crippen molar-refractivity contribution in [3.63, 3.8) is 0 Å². The average Bonchev–Trinajstić information content (AvgIpc) is 3.44. The highest BCUT2D eigenvalue weighted by atomic mass is 16.6. The summed E-state index contributed by atoms with van der Waals surface area (Å²) in [4.78, 5) is 24.5. The molecule has 0 aliphatic carbocycles. The summed E-state index contributed by atoms with van der Waals surface area (Å²) in [7, 11) is 0. The topological polar surface area (TPSA) is 72.8 Å². The van der Waals surface area contributed by atoms with Crippen molar-refractivity contribution in [3.8, 4) is 0 Å². The third-order valence-corrected chi connectivity index (χ3v) is 12.4. The first kappa shape index (κ1) is 72.7. The number of carbonyl (C=O) groups excluding carboxylic acids is 2. The average molecular weight is 1070 g/mol. The predicted octanol–water partition coefficient (Wildman–Crippen LogP) is 21.6. The molecule has 0 saturated carbocycles. The summed E-state index contributed by atoms with van der Waals surface area (Å²) in [5.74, 6) is -0.674. The van der Waals surface area contributed by atoms with E-state index >= 15 is 0 Å². The van der Waals surface area contributed by atoms with E-state index in [9.17, 15) is 14.7 Å². The van der Waals surface area contributed by atoms with Gasteiger partial charge in [0.1, 0.15) is 6.61 Å². The highest BCUT2D eigenvalue weighted by Crippen LogP contribution is 2.14. The minimum atomic E-state index is -0.812. The van der Waals surface area contributed by atoms with Crippen molar-refractivity contribution in [3.05, 3.63) is 194 Å². The van der Waals surface area contributed by atoms with E-state index in [1.807, 2.05) is 0 Å². The molecule has 1 N–H and O–H groups in total. The van der Waals surface area contributed by atoms with Crippen LogP contribution >= 0.6 is 0 Å². The molecule has 0 aromatic heterocycles. The van der Waals surface area contributed by atoms with E-state index in [4.69, 9.17) is 9.47 Å². The van der Waals surface area contributed by atoms with Crippen LogP contribution in [0.4, 0.5) is 0 Å². The molecule has 5 heteroatoms. The van der Waals surface area contributed by atoms with E-state index in [1.165, 1.54) is 70.6 Å². The van der Waals surface area contributed by atoms with E-state index in [0.29, 0.717) is 19.3 Å². The quantitative estimate of drug-likeness (QED) is 0.0373. The van der Waals surface area contributed by atoms with Crippen molar-refractivity contribution in [1.82, 2.24) is 0 Å². The molecular formula is C73H112O5. The van der Waals surface area contributed by atoms with Crippen LogP contribution in [-0.4, -0.2) is 36.4 Å². The minimum absolute atomic E-state index is 0.108. The highest BCUT2D eigenvalue weighted by molar-refractivity contribution is 5.70. The molecule has 434 valence electrons. The van der Waals surface area contributed by atoms with Gasteiger partial charge in [-0.05, 0) is 135 Å². The molecule has 1 unspecified atom stereocenters. The Morgan fingerprint density at radius 3 is 0.808 bits per heavy atom. The fourth-order valence-corrected chi connectivity index (χ4v) is 7.83. The Morgan fingerprint density at radius 1 is 0.295 bits per heavy atom. The zero-order valence-corrected chi connectivity index (χ0v) is 49.6. The number of carbonyl (C=O) groups is 2. The second-order valence-corrected chi connectivity index (χ2v) is 19.7. The van der Waals surface area contributed by atoms with Crippen LogP contribution < -0.4 is 0 Å². The third kappa shape index (κ3) is 63.3. The predicted molar refractivity (Wildman–Crippen MR) is 342 cm³/mol. The van der Waals surface area contributed by atoms with Gasteiger partial charge in [-0.15, -0.1) is 0 Å². The molecule has 0 saturated heterocycles. The number of esters is 2. The number of aliphatic hydroxyl groups is 1. The van der Waals surface area contributed by atoms with Crippen LogP contribution in [0.5, 0.6) is 0 Å². The summed E-state index contributed by atoms with van der Waals surface area (Å²) < 4.78 is 10.7. The van der Waals surface area contributed by atoms with Crippen molar-refractivity contribution in [2.75, 3.05) is 13.2 Å². The summed E-state index contributed by atoms with van der Waals surface area (Å²) >= 11 is 0. The summed E-state index contributed by atoms with van der Waals surface area (Å²) in [5.41, 5.74) is 0. The highest BCUT2D eigenvalue weighted by Gasteiger charge is 2.16. The maximum Gasteiger partial charge on any atom is 0.306 e. The lowest BCUT2D eigenvalue weighted by Gasteiger charge is -2.15. The Hall–Kier alpha value is -5.26. The van der Waals surface area contributed by atoms with Crippen LogP contribution in [-0.2, 0) is 19.1 Å². The smallest absolute Gasteiger partial charge is 0.306 e. The van der Waals surface area contributed by atoms with Gasteiger partial charge in [-0.25, -0.2) is 0 Å². The van der Waals surface area contributed by atoms with Crippen molar-refractivity contribution >= 4 is 11.9 Å². The van der Waals surface area contributed by atoms with Crippen LogP contribution in [0.3, 0.4) is 0 Å². The molecule has 0 aromatic rings. The van der Waals surface area contributed by atoms with Crippen molar-refractivity contribution < 1.29 is 24.2 Å². The van der Waals surface area contributed by atoms with E-state index in [2.05, 4.69) is 208 Å². The molecule has 0 bridgehead atoms. The number of hydrogen-bond donors (Lipinski definition) is 1. The summed E-state index contributed by atoms with van der Waals surface area (Å²) in [6.45, 7) is 3.85. The molecule has 0 rings (SSSR count). The second kappa shape index (κ2) is 66.0. The van der Waals surface area contributed by atoms with E-state index in [-0.39, 0.29) is 25.2 Å². The number of hydrogen-bond acceptors (Lipinski definition) is 5. The van der Waals surface area contributed by atoms with Crippen molar-refractivity contribution in [2.45, 2.75) is 238 Å². The fraction of sp³-hybridized carbons (Fsp3) is 0.534. The molecule has 0 heterocycles. The molecule has 1 atom stereocenters. The molecular weight excluding hydrogens is 957 g/mol. The standard InChI is InChI=1S/C73H112O5/c1-3-5-7-9-11-13-15-17-19-21-23-25-27-28-29-30-31-32-33-34-35-36-37-38-39-40-41-42-43-44-46-48-50-52-54-56-58-60-62-64-66-68-73(76)78-71(69-74)70-77-72(75)67-65-63-61-59-57-55-53-51-49-47-45-26-24-22-20-18-16-14-12-10-8-6-4-2/h5-8,11-14,17-20,23-26,28-29,31-32,34-35,37-38,40-41,47,49,53,55,59,61,71,74H,3-4,9-10,15-16,21-22,27,30,33,36,39,42-46,48,50-52,54,56-58,60,62-70H2,1-2H3/b7-5-,8-6-,13-11-,14-12-,19-17-,20-18-,25-23-,26-24-,29-28-,32-31-,35-34-,38-37-,41-40-,49-47-,55-53-,61-59-. The normalized spacial score (nSPS) is 13.6. The molecule has 0 aliphatic heterocycles. The Morgan fingerprint density at radius 2 is 0.526 bits per heavy atom. The summed E-state index contributed by atoms with van der Waals surface area (Å²) in [6, 6.07) is 0. The van der Waals surface area contributed by atoms with Crippen LogP contribution in [0.15, 0.2) is 194 Å². The second-order valence-electron chi connectivity index (χ2n) is 19.7. The van der Waals surface area contributed by atoms with Gasteiger partial charge < -0.3 is 14.6 Å². The third-order valence-electron chi connectivity index (χ3n) is 12.4. The number of unbranched alkanes of at least 4 members (excludes halogenated alkanes) is 14. The fourth-order valence-electron chi connectivity index (χ4n) is 7.83. The van der Waals surface area contributed by atoms with Gasteiger partial charge in [0.25, 0.3) is 0 Å². The Labute approximate surface area is 479 Å². The largest absolute Gasteiger partial charge is 0.462 e. The Kier molecular flexibility index (Phi) is 61.6. The lowest BCUT2D eigenvalue weighted by molar-refractivity contribution is -0.161. The van der Waals surface area contributed by atoms with E-state index < -0.39 is 6.10 Å². The van der Waals surface area contributed by atoms with Gasteiger partial charge in [-0.3, -0.25) is 9.59 Å². The number of rotatable bonds is 54. The van der Waals surface area contributed by atoms with E-state index in [0.717, 1.165) is 128 Å². The van der Waals surface area contributed by atoms with Gasteiger partial charge in [0.05, 0.1) is 6.61 Å². The molecule has 0 fully saturated rings. The Balaban J connectivity index is 3.63.